The Labute approximate surface area is 140 Å². The average molecular weight is 334 g/mol. The van der Waals surface area contributed by atoms with Crippen LogP contribution in [0.3, 0.4) is 0 Å². The predicted octanol–water partition coefficient (Wildman–Crippen LogP) is 3.11. The molecule has 0 saturated heterocycles. The molecule has 1 saturated carbocycles. The van der Waals surface area contributed by atoms with E-state index in [1.165, 1.54) is 6.20 Å². The van der Waals surface area contributed by atoms with Gasteiger partial charge in [-0.05, 0) is 18.9 Å². The molecule has 2 N–H and O–H groups in total. The number of benzene rings is 1. The number of nitrogens with zero attached hydrogens (tertiary/aromatic N) is 2. The van der Waals surface area contributed by atoms with Crippen LogP contribution < -0.4 is 0 Å². The number of rotatable bonds is 4. The molecule has 1 aliphatic rings. The van der Waals surface area contributed by atoms with Crippen molar-refractivity contribution in [2.45, 2.75) is 31.3 Å². The van der Waals surface area contributed by atoms with Crippen LogP contribution in [0.15, 0.2) is 30.5 Å². The van der Waals surface area contributed by atoms with Crippen molar-refractivity contribution in [3.8, 4) is 11.3 Å². The van der Waals surface area contributed by atoms with Crippen LogP contribution in [0.2, 0.25) is 5.02 Å². The summed E-state index contributed by atoms with van der Waals surface area (Å²) in [6, 6.07) is 7.32. The van der Waals surface area contributed by atoms with Gasteiger partial charge < -0.3 is 10.0 Å². The summed E-state index contributed by atoms with van der Waals surface area (Å²) >= 11 is 6.22. The number of hydrogen-bond acceptors (Lipinski definition) is 3. The molecule has 23 heavy (non-hydrogen) atoms. The van der Waals surface area contributed by atoms with Gasteiger partial charge in [0.25, 0.3) is 5.91 Å². The van der Waals surface area contributed by atoms with E-state index >= 15 is 0 Å². The number of aliphatic hydroxyl groups is 1. The number of halogens is 1. The van der Waals surface area contributed by atoms with Crippen molar-refractivity contribution in [3.63, 3.8) is 0 Å². The average Bonchev–Trinajstić information content (AvgIpc) is 3.16. The Morgan fingerprint density at radius 3 is 2.78 bits per heavy atom. The third-order valence-corrected chi connectivity index (χ3v) is 4.75. The number of amides is 1. The molecule has 0 bridgehead atoms. The molecule has 1 amide bonds. The number of carbonyl (C=O) groups is 1. The van der Waals surface area contributed by atoms with Gasteiger partial charge >= 0.3 is 0 Å². The maximum Gasteiger partial charge on any atom is 0.257 e. The summed E-state index contributed by atoms with van der Waals surface area (Å²) in [7, 11) is 1.71. The maximum atomic E-state index is 12.8. The predicted molar refractivity (Wildman–Crippen MR) is 89.4 cm³/mol. The molecule has 0 radical (unpaired) electrons. The van der Waals surface area contributed by atoms with Crippen molar-refractivity contribution in [1.29, 1.82) is 0 Å². The molecule has 2 aromatic rings. The van der Waals surface area contributed by atoms with Gasteiger partial charge in [0.1, 0.15) is 0 Å². The lowest BCUT2D eigenvalue weighted by Crippen LogP contribution is -2.42. The number of nitrogens with one attached hydrogen (secondary N) is 1. The first-order chi connectivity index (χ1) is 11.0. The lowest BCUT2D eigenvalue weighted by atomic mass is 10.0. The number of hydrogen-bond donors (Lipinski definition) is 2. The molecule has 3 rings (SSSR count). The smallest absolute Gasteiger partial charge is 0.257 e. The zero-order valence-corrected chi connectivity index (χ0v) is 13.8. The number of aromatic nitrogens is 2. The van der Waals surface area contributed by atoms with Crippen LogP contribution in [0, 0.1) is 0 Å². The molecular formula is C17H20ClN3O2. The zero-order valence-electron chi connectivity index (χ0n) is 13.1. The quantitative estimate of drug-likeness (QED) is 0.903. The summed E-state index contributed by atoms with van der Waals surface area (Å²) in [5.74, 6) is -0.172. The molecule has 1 aliphatic carbocycles. The van der Waals surface area contributed by atoms with E-state index < -0.39 is 5.60 Å². The van der Waals surface area contributed by atoms with E-state index in [9.17, 15) is 9.90 Å². The Morgan fingerprint density at radius 2 is 2.09 bits per heavy atom. The standard InChI is InChI=1S/C17H20ClN3O2/c1-21(11-17(23)8-4-5-9-17)16(22)13-10-19-20-15(13)12-6-2-3-7-14(12)18/h2-3,6-7,10,23H,4-5,8-9,11H2,1H3,(H,19,20). The van der Waals surface area contributed by atoms with Gasteiger partial charge in [-0.25, -0.2) is 0 Å². The first-order valence-corrected chi connectivity index (χ1v) is 8.14. The SMILES string of the molecule is CN(CC1(O)CCCC1)C(=O)c1cn[nH]c1-c1ccccc1Cl. The minimum atomic E-state index is -0.765. The normalized spacial score (nSPS) is 16.5. The minimum Gasteiger partial charge on any atom is -0.388 e. The van der Waals surface area contributed by atoms with E-state index in [-0.39, 0.29) is 5.91 Å². The third kappa shape index (κ3) is 3.26. The highest BCUT2D eigenvalue weighted by Crippen LogP contribution is 2.32. The molecule has 0 spiro atoms. The van der Waals surface area contributed by atoms with Crippen LogP contribution in [-0.2, 0) is 0 Å². The topological polar surface area (TPSA) is 69.2 Å². The van der Waals surface area contributed by atoms with Crippen LogP contribution in [0.1, 0.15) is 36.0 Å². The number of likely N-dealkylation sites (N-methyl/N-ethyl adjacent to an activating group) is 1. The third-order valence-electron chi connectivity index (χ3n) is 4.43. The van der Waals surface area contributed by atoms with Gasteiger partial charge in [-0.3, -0.25) is 9.89 Å². The Kier molecular flexibility index (Phi) is 4.41. The Morgan fingerprint density at radius 1 is 1.39 bits per heavy atom. The molecule has 1 aromatic carbocycles. The van der Waals surface area contributed by atoms with Crippen LogP contribution in [-0.4, -0.2) is 45.3 Å². The molecule has 1 aromatic heterocycles. The monoisotopic (exact) mass is 333 g/mol. The number of aromatic amines is 1. The van der Waals surface area contributed by atoms with Crippen molar-refractivity contribution in [2.75, 3.05) is 13.6 Å². The molecular weight excluding hydrogens is 314 g/mol. The summed E-state index contributed by atoms with van der Waals surface area (Å²) in [5, 5.41) is 17.9. The van der Waals surface area contributed by atoms with E-state index in [2.05, 4.69) is 10.2 Å². The molecule has 5 nitrogen and oxygen atoms in total. The summed E-state index contributed by atoms with van der Waals surface area (Å²) in [5.41, 5.74) is 1.04. The second-order valence-electron chi connectivity index (χ2n) is 6.23. The summed E-state index contributed by atoms with van der Waals surface area (Å²) in [6.45, 7) is 0.332. The molecule has 122 valence electrons. The van der Waals surface area contributed by atoms with E-state index in [1.54, 1.807) is 18.0 Å². The molecule has 1 fully saturated rings. The first-order valence-electron chi connectivity index (χ1n) is 7.76. The highest BCUT2D eigenvalue weighted by Gasteiger charge is 2.34. The van der Waals surface area contributed by atoms with Crippen molar-refractivity contribution in [2.24, 2.45) is 0 Å². The lowest BCUT2D eigenvalue weighted by Gasteiger charge is -2.28. The number of carbonyl (C=O) groups excluding carboxylic acids is 1. The van der Waals surface area contributed by atoms with Gasteiger partial charge in [0.2, 0.25) is 0 Å². The maximum absolute atomic E-state index is 12.8. The van der Waals surface area contributed by atoms with Crippen molar-refractivity contribution >= 4 is 17.5 Å². The molecule has 0 unspecified atom stereocenters. The van der Waals surface area contributed by atoms with E-state index in [1.807, 2.05) is 18.2 Å². The van der Waals surface area contributed by atoms with E-state index in [0.717, 1.165) is 31.2 Å². The fraction of sp³-hybridized carbons (Fsp3) is 0.412. The minimum absolute atomic E-state index is 0.172. The van der Waals surface area contributed by atoms with Crippen molar-refractivity contribution in [1.82, 2.24) is 15.1 Å². The molecule has 0 atom stereocenters. The Balaban J connectivity index is 1.84. The fourth-order valence-electron chi connectivity index (χ4n) is 3.23. The molecule has 6 heteroatoms. The summed E-state index contributed by atoms with van der Waals surface area (Å²) < 4.78 is 0. The molecule has 0 aliphatic heterocycles. The van der Waals surface area contributed by atoms with Crippen LogP contribution in [0.25, 0.3) is 11.3 Å². The fourth-order valence-corrected chi connectivity index (χ4v) is 3.46. The molecule has 1 heterocycles. The van der Waals surface area contributed by atoms with Crippen LogP contribution in [0.5, 0.6) is 0 Å². The second kappa shape index (κ2) is 6.34. The van der Waals surface area contributed by atoms with Crippen molar-refractivity contribution in [3.05, 3.63) is 41.0 Å². The van der Waals surface area contributed by atoms with Crippen LogP contribution in [0.4, 0.5) is 0 Å². The van der Waals surface area contributed by atoms with Gasteiger partial charge in [0.15, 0.2) is 0 Å². The van der Waals surface area contributed by atoms with Gasteiger partial charge in [-0.1, -0.05) is 42.6 Å². The summed E-state index contributed by atoms with van der Waals surface area (Å²) in [6.07, 6.45) is 5.02. The highest BCUT2D eigenvalue weighted by atomic mass is 35.5. The summed E-state index contributed by atoms with van der Waals surface area (Å²) in [4.78, 5) is 14.3. The lowest BCUT2D eigenvalue weighted by molar-refractivity contribution is 0.0157. The number of H-pyrrole nitrogens is 1. The van der Waals surface area contributed by atoms with Gasteiger partial charge in [-0.15, -0.1) is 0 Å². The largest absolute Gasteiger partial charge is 0.388 e. The Bertz CT molecular complexity index is 707. The van der Waals surface area contributed by atoms with Crippen molar-refractivity contribution < 1.29 is 9.90 Å². The second-order valence-corrected chi connectivity index (χ2v) is 6.64. The van der Waals surface area contributed by atoms with Gasteiger partial charge in [0.05, 0.1) is 23.1 Å². The van der Waals surface area contributed by atoms with Gasteiger partial charge in [-0.2, -0.15) is 5.10 Å². The van der Waals surface area contributed by atoms with E-state index in [4.69, 9.17) is 11.6 Å². The van der Waals surface area contributed by atoms with Gasteiger partial charge in [0, 0.05) is 24.2 Å². The highest BCUT2D eigenvalue weighted by molar-refractivity contribution is 6.33. The van der Waals surface area contributed by atoms with E-state index in [0.29, 0.717) is 22.8 Å². The Hall–Kier alpha value is -1.85. The van der Waals surface area contributed by atoms with Crippen LogP contribution >= 0.6 is 11.6 Å². The zero-order chi connectivity index (χ0) is 16.4. The first kappa shape index (κ1) is 16.0.